The predicted octanol–water partition coefficient (Wildman–Crippen LogP) is 2.60. The number of phenolic OH excluding ortho intramolecular Hbond substituents is 1. The summed E-state index contributed by atoms with van der Waals surface area (Å²) in [7, 11) is 0. The molecular weight excluding hydrogens is 361 g/mol. The lowest BCUT2D eigenvalue weighted by Gasteiger charge is -2.37. The number of carbonyl (C=O) groups excluding carboxylic acids is 1. The molecule has 1 fully saturated rings. The second-order valence-electron chi connectivity index (χ2n) is 7.38. The van der Waals surface area contributed by atoms with E-state index in [0.29, 0.717) is 35.4 Å². The van der Waals surface area contributed by atoms with Crippen molar-refractivity contribution in [3.05, 3.63) is 41.3 Å². The highest BCUT2D eigenvalue weighted by molar-refractivity contribution is 6.07. The van der Waals surface area contributed by atoms with Crippen LogP contribution in [0.2, 0.25) is 0 Å². The second-order valence-corrected chi connectivity index (χ2v) is 7.38. The summed E-state index contributed by atoms with van der Waals surface area (Å²) in [6, 6.07) is 5.70. The number of carbonyl (C=O) groups is 1. The Morgan fingerprint density at radius 2 is 2.11 bits per heavy atom. The average Bonchev–Trinajstić information content (AvgIpc) is 3.03. The number of aromatic amines is 1. The molecule has 8 heteroatoms. The van der Waals surface area contributed by atoms with Crippen LogP contribution in [0.5, 0.6) is 5.75 Å². The molecule has 4 rings (SSSR count). The minimum atomic E-state index is -0.610. The standard InChI is InChI=1S/C20H22FN5O2/c1-10-9-26(11(2)8-22-10)20(28)15-7-17(14-5-4-13(27)6-16(14)21)23-19-18(15)12(3)24-25-19/h4-7,10-11,22,27H,8-9H2,1-3H3,(H,23,24,25). The Labute approximate surface area is 161 Å². The van der Waals surface area contributed by atoms with Gasteiger partial charge in [0.1, 0.15) is 11.6 Å². The van der Waals surface area contributed by atoms with Crippen LogP contribution in [0.25, 0.3) is 22.3 Å². The number of halogens is 1. The molecule has 0 radical (unpaired) electrons. The third-order valence-corrected chi connectivity index (χ3v) is 5.19. The van der Waals surface area contributed by atoms with Gasteiger partial charge in [-0.1, -0.05) is 0 Å². The number of aryl methyl sites for hydroxylation is 1. The zero-order valence-corrected chi connectivity index (χ0v) is 16.0. The van der Waals surface area contributed by atoms with E-state index in [1.54, 1.807) is 6.07 Å². The van der Waals surface area contributed by atoms with E-state index in [1.165, 1.54) is 12.1 Å². The number of amides is 1. The normalized spacial score (nSPS) is 19.9. The van der Waals surface area contributed by atoms with Crippen molar-refractivity contribution in [2.75, 3.05) is 13.1 Å². The number of pyridine rings is 1. The summed E-state index contributed by atoms with van der Waals surface area (Å²) in [6.45, 7) is 7.17. The van der Waals surface area contributed by atoms with Gasteiger partial charge in [-0.15, -0.1) is 0 Å². The maximum atomic E-state index is 14.4. The van der Waals surface area contributed by atoms with Gasteiger partial charge in [-0.25, -0.2) is 9.37 Å². The van der Waals surface area contributed by atoms with Crippen LogP contribution in [0.1, 0.15) is 29.9 Å². The van der Waals surface area contributed by atoms with Crippen molar-refractivity contribution < 1.29 is 14.3 Å². The van der Waals surface area contributed by atoms with Crippen molar-refractivity contribution in [1.29, 1.82) is 0 Å². The number of piperazine rings is 1. The Kier molecular flexibility index (Phi) is 4.50. The number of rotatable bonds is 2. The monoisotopic (exact) mass is 383 g/mol. The molecule has 0 bridgehead atoms. The minimum Gasteiger partial charge on any atom is -0.508 e. The van der Waals surface area contributed by atoms with E-state index in [2.05, 4.69) is 20.5 Å². The fraction of sp³-hybridized carbons (Fsp3) is 0.350. The fourth-order valence-corrected chi connectivity index (χ4v) is 3.65. The van der Waals surface area contributed by atoms with Crippen molar-refractivity contribution in [1.82, 2.24) is 25.4 Å². The summed E-state index contributed by atoms with van der Waals surface area (Å²) >= 11 is 0. The molecule has 1 saturated heterocycles. The van der Waals surface area contributed by atoms with Gasteiger partial charge in [0.25, 0.3) is 5.91 Å². The molecule has 2 aromatic heterocycles. The Morgan fingerprint density at radius 1 is 1.32 bits per heavy atom. The third kappa shape index (κ3) is 3.09. The van der Waals surface area contributed by atoms with Crippen molar-refractivity contribution in [2.45, 2.75) is 32.9 Å². The van der Waals surface area contributed by atoms with Crippen molar-refractivity contribution in [3.8, 4) is 17.0 Å². The van der Waals surface area contributed by atoms with E-state index in [4.69, 9.17) is 0 Å². The molecule has 146 valence electrons. The molecule has 1 aliphatic rings. The van der Waals surface area contributed by atoms with E-state index in [0.717, 1.165) is 11.8 Å². The van der Waals surface area contributed by atoms with Gasteiger partial charge in [0.2, 0.25) is 0 Å². The molecule has 2 unspecified atom stereocenters. The molecule has 7 nitrogen and oxygen atoms in total. The van der Waals surface area contributed by atoms with E-state index >= 15 is 0 Å². The Hall–Kier alpha value is -3.00. The Morgan fingerprint density at radius 3 is 2.86 bits per heavy atom. The van der Waals surface area contributed by atoms with Gasteiger partial charge in [-0.3, -0.25) is 9.89 Å². The average molecular weight is 383 g/mol. The topological polar surface area (TPSA) is 94.1 Å². The van der Waals surface area contributed by atoms with Crippen molar-refractivity contribution in [2.24, 2.45) is 0 Å². The lowest BCUT2D eigenvalue weighted by molar-refractivity contribution is 0.0618. The molecular formula is C20H22FN5O2. The molecule has 0 spiro atoms. The summed E-state index contributed by atoms with van der Waals surface area (Å²) in [6.07, 6.45) is 0. The number of aromatic hydroxyl groups is 1. The summed E-state index contributed by atoms with van der Waals surface area (Å²) in [5.74, 6) is -0.905. The minimum absolute atomic E-state index is 0.0352. The Bertz CT molecular complexity index is 1060. The number of phenols is 1. The van der Waals surface area contributed by atoms with Gasteiger partial charge in [0, 0.05) is 42.5 Å². The zero-order chi connectivity index (χ0) is 20.0. The van der Waals surface area contributed by atoms with Crippen LogP contribution < -0.4 is 5.32 Å². The van der Waals surface area contributed by atoms with Gasteiger partial charge in [0.05, 0.1) is 16.6 Å². The van der Waals surface area contributed by atoms with Crippen LogP contribution in [-0.2, 0) is 0 Å². The SMILES string of the molecule is Cc1[nH]nc2nc(-c3ccc(O)cc3F)cc(C(=O)N3CC(C)NCC3C)c12. The maximum absolute atomic E-state index is 14.4. The highest BCUT2D eigenvalue weighted by Crippen LogP contribution is 2.30. The van der Waals surface area contributed by atoms with Crippen LogP contribution in [0, 0.1) is 12.7 Å². The first-order chi connectivity index (χ1) is 13.3. The molecule has 1 aliphatic heterocycles. The third-order valence-electron chi connectivity index (χ3n) is 5.19. The van der Waals surface area contributed by atoms with Crippen LogP contribution in [0.4, 0.5) is 4.39 Å². The zero-order valence-electron chi connectivity index (χ0n) is 16.0. The first-order valence-corrected chi connectivity index (χ1v) is 9.24. The highest BCUT2D eigenvalue weighted by atomic mass is 19.1. The number of hydrogen-bond donors (Lipinski definition) is 3. The number of nitrogens with zero attached hydrogens (tertiary/aromatic N) is 3. The molecule has 0 aliphatic carbocycles. The van der Waals surface area contributed by atoms with Gasteiger partial charge < -0.3 is 15.3 Å². The van der Waals surface area contributed by atoms with Gasteiger partial charge in [-0.05, 0) is 39.0 Å². The first-order valence-electron chi connectivity index (χ1n) is 9.24. The number of aromatic nitrogens is 3. The molecule has 0 saturated carbocycles. The fourth-order valence-electron chi connectivity index (χ4n) is 3.65. The number of H-pyrrole nitrogens is 1. The van der Waals surface area contributed by atoms with Crippen LogP contribution in [0.3, 0.4) is 0 Å². The molecule has 28 heavy (non-hydrogen) atoms. The largest absolute Gasteiger partial charge is 0.508 e. The molecule has 3 aromatic rings. The highest BCUT2D eigenvalue weighted by Gasteiger charge is 2.30. The van der Waals surface area contributed by atoms with Gasteiger partial charge in [0.15, 0.2) is 5.65 Å². The smallest absolute Gasteiger partial charge is 0.255 e. The predicted molar refractivity (Wildman–Crippen MR) is 104 cm³/mol. The molecule has 3 N–H and O–H groups in total. The van der Waals surface area contributed by atoms with Crippen LogP contribution >= 0.6 is 0 Å². The lowest BCUT2D eigenvalue weighted by atomic mass is 10.0. The summed E-state index contributed by atoms with van der Waals surface area (Å²) in [4.78, 5) is 19.7. The van der Waals surface area contributed by atoms with E-state index in [-0.39, 0.29) is 29.3 Å². The van der Waals surface area contributed by atoms with Gasteiger partial charge >= 0.3 is 0 Å². The molecule has 1 aromatic carbocycles. The van der Waals surface area contributed by atoms with Crippen molar-refractivity contribution >= 4 is 16.9 Å². The summed E-state index contributed by atoms with van der Waals surface area (Å²) in [5, 5.41) is 20.5. The molecule has 2 atom stereocenters. The summed E-state index contributed by atoms with van der Waals surface area (Å²) in [5.41, 5.74) is 2.05. The van der Waals surface area contributed by atoms with Gasteiger partial charge in [-0.2, -0.15) is 5.10 Å². The lowest BCUT2D eigenvalue weighted by Crippen LogP contribution is -2.56. The number of hydrogen-bond acceptors (Lipinski definition) is 5. The first kappa shape index (κ1) is 18.4. The number of fused-ring (bicyclic) bond motifs is 1. The van der Waals surface area contributed by atoms with Crippen molar-refractivity contribution in [3.63, 3.8) is 0 Å². The number of nitrogens with one attached hydrogen (secondary N) is 2. The number of benzene rings is 1. The Balaban J connectivity index is 1.87. The van der Waals surface area contributed by atoms with E-state index < -0.39 is 5.82 Å². The van der Waals surface area contributed by atoms with E-state index in [9.17, 15) is 14.3 Å². The molecule has 3 heterocycles. The van der Waals surface area contributed by atoms with Crippen LogP contribution in [-0.4, -0.2) is 56.3 Å². The molecule has 1 amide bonds. The second kappa shape index (κ2) is 6.87. The summed E-state index contributed by atoms with van der Waals surface area (Å²) < 4.78 is 14.4. The quantitative estimate of drug-likeness (QED) is 0.632. The maximum Gasteiger partial charge on any atom is 0.255 e. The van der Waals surface area contributed by atoms with E-state index in [1.807, 2.05) is 25.7 Å². The van der Waals surface area contributed by atoms with Crippen LogP contribution in [0.15, 0.2) is 24.3 Å².